The first-order valence-corrected chi connectivity index (χ1v) is 8.10. The second kappa shape index (κ2) is 5.74. The molecule has 3 aromatic rings. The van der Waals surface area contributed by atoms with E-state index in [1.54, 1.807) is 0 Å². The second-order valence-electron chi connectivity index (χ2n) is 5.26. The highest BCUT2D eigenvalue weighted by molar-refractivity contribution is 7.19. The van der Waals surface area contributed by atoms with Gasteiger partial charge in [-0.05, 0) is 32.9 Å². The molecule has 3 rings (SSSR count). The molecule has 6 heteroatoms. The molecule has 114 valence electrons. The number of rotatable bonds is 3. The molecule has 0 atom stereocenters. The topological polar surface area (TPSA) is 43.6 Å². The Morgan fingerprint density at radius 3 is 2.59 bits per heavy atom. The highest BCUT2D eigenvalue weighted by Crippen LogP contribution is 2.28. The normalized spacial score (nSPS) is 11.3. The number of aromatic nitrogens is 2. The van der Waals surface area contributed by atoms with Crippen LogP contribution in [0.4, 0.5) is 0 Å². The number of ether oxygens (including phenoxy) is 1. The van der Waals surface area contributed by atoms with Gasteiger partial charge >= 0.3 is 5.97 Å². The SMILES string of the molecule is Cc1c(C(=O)OC(C)C)sc2nc(-c3ccc(Cl)cc3)cn12. The second-order valence-corrected chi connectivity index (χ2v) is 6.67. The van der Waals surface area contributed by atoms with E-state index in [4.69, 9.17) is 16.3 Å². The van der Waals surface area contributed by atoms with Crippen LogP contribution in [0.25, 0.3) is 16.2 Å². The first kappa shape index (κ1) is 15.1. The van der Waals surface area contributed by atoms with Crippen molar-refractivity contribution in [1.82, 2.24) is 9.38 Å². The molecule has 0 spiro atoms. The summed E-state index contributed by atoms with van der Waals surface area (Å²) in [4.78, 5) is 18.0. The summed E-state index contributed by atoms with van der Waals surface area (Å²) in [5, 5.41) is 0.694. The molecule has 0 unspecified atom stereocenters. The molecule has 22 heavy (non-hydrogen) atoms. The number of esters is 1. The summed E-state index contributed by atoms with van der Waals surface area (Å²) >= 11 is 7.25. The van der Waals surface area contributed by atoms with Crippen LogP contribution in [0.3, 0.4) is 0 Å². The van der Waals surface area contributed by atoms with Crippen molar-refractivity contribution < 1.29 is 9.53 Å². The van der Waals surface area contributed by atoms with Crippen LogP contribution in [-0.4, -0.2) is 21.5 Å². The van der Waals surface area contributed by atoms with Gasteiger partial charge in [0, 0.05) is 22.5 Å². The van der Waals surface area contributed by atoms with E-state index in [0.29, 0.717) is 9.90 Å². The highest BCUT2D eigenvalue weighted by atomic mass is 35.5. The van der Waals surface area contributed by atoms with E-state index < -0.39 is 0 Å². The molecule has 2 aromatic heterocycles. The summed E-state index contributed by atoms with van der Waals surface area (Å²) in [6.07, 6.45) is 1.79. The Bertz CT molecular complexity index is 834. The molecule has 0 aliphatic rings. The largest absolute Gasteiger partial charge is 0.459 e. The lowest BCUT2D eigenvalue weighted by Crippen LogP contribution is -2.11. The fourth-order valence-corrected chi connectivity index (χ4v) is 3.28. The molecule has 0 saturated carbocycles. The highest BCUT2D eigenvalue weighted by Gasteiger charge is 2.20. The summed E-state index contributed by atoms with van der Waals surface area (Å²) in [6.45, 7) is 5.57. The van der Waals surface area contributed by atoms with Gasteiger partial charge in [-0.1, -0.05) is 35.1 Å². The van der Waals surface area contributed by atoms with Gasteiger partial charge in [0.2, 0.25) is 0 Å². The van der Waals surface area contributed by atoms with Crippen molar-refractivity contribution in [2.45, 2.75) is 26.9 Å². The number of fused-ring (bicyclic) bond motifs is 1. The van der Waals surface area contributed by atoms with Crippen LogP contribution in [0.5, 0.6) is 0 Å². The van der Waals surface area contributed by atoms with E-state index in [2.05, 4.69) is 4.98 Å². The van der Waals surface area contributed by atoms with Gasteiger partial charge in [0.25, 0.3) is 0 Å². The fourth-order valence-electron chi connectivity index (χ4n) is 2.17. The zero-order chi connectivity index (χ0) is 15.9. The van der Waals surface area contributed by atoms with Crippen molar-refractivity contribution in [3.05, 3.63) is 46.1 Å². The van der Waals surface area contributed by atoms with Crippen LogP contribution < -0.4 is 0 Å². The van der Waals surface area contributed by atoms with Crippen molar-refractivity contribution in [1.29, 1.82) is 0 Å². The van der Waals surface area contributed by atoms with Crippen LogP contribution in [0.2, 0.25) is 5.02 Å². The van der Waals surface area contributed by atoms with Gasteiger partial charge in [-0.25, -0.2) is 9.78 Å². The smallest absolute Gasteiger partial charge is 0.350 e. The molecule has 0 amide bonds. The summed E-state index contributed by atoms with van der Waals surface area (Å²) in [6, 6.07) is 7.53. The minimum Gasteiger partial charge on any atom is -0.459 e. The average Bonchev–Trinajstić information content (AvgIpc) is 2.99. The number of hydrogen-bond acceptors (Lipinski definition) is 4. The summed E-state index contributed by atoms with van der Waals surface area (Å²) in [7, 11) is 0. The van der Waals surface area contributed by atoms with Gasteiger partial charge in [-0.15, -0.1) is 0 Å². The quantitative estimate of drug-likeness (QED) is 0.658. The molecule has 2 heterocycles. The number of imidazole rings is 1. The van der Waals surface area contributed by atoms with Crippen LogP contribution in [-0.2, 0) is 4.74 Å². The Kier molecular flexibility index (Phi) is 3.93. The van der Waals surface area contributed by atoms with E-state index in [0.717, 1.165) is 21.9 Å². The number of carbonyl (C=O) groups excluding carboxylic acids is 1. The third-order valence-corrected chi connectivity index (χ3v) is 4.61. The standard InChI is InChI=1S/C16H15ClN2O2S/c1-9(2)21-15(20)14-10(3)19-8-13(18-16(19)22-14)11-4-6-12(17)7-5-11/h4-9H,1-3H3. The number of aryl methyl sites for hydroxylation is 1. The lowest BCUT2D eigenvalue weighted by atomic mass is 10.2. The van der Waals surface area contributed by atoms with Crippen LogP contribution >= 0.6 is 22.9 Å². The first-order chi connectivity index (χ1) is 10.5. The summed E-state index contributed by atoms with van der Waals surface area (Å²) < 4.78 is 7.18. The molecule has 0 saturated heterocycles. The molecule has 0 aliphatic heterocycles. The average molecular weight is 335 g/mol. The monoisotopic (exact) mass is 334 g/mol. The molecule has 0 aliphatic carbocycles. The van der Waals surface area contributed by atoms with Gasteiger partial charge in [-0.2, -0.15) is 0 Å². The van der Waals surface area contributed by atoms with Crippen LogP contribution in [0.15, 0.2) is 30.5 Å². The zero-order valence-electron chi connectivity index (χ0n) is 12.5. The maximum atomic E-state index is 12.1. The maximum absolute atomic E-state index is 12.1. The third kappa shape index (κ3) is 2.74. The molecular formula is C16H15ClN2O2S. The Morgan fingerprint density at radius 1 is 1.32 bits per heavy atom. The number of thiazole rings is 1. The molecule has 0 radical (unpaired) electrons. The molecule has 0 bridgehead atoms. The molecule has 4 nitrogen and oxygen atoms in total. The summed E-state index contributed by atoms with van der Waals surface area (Å²) in [5.74, 6) is -0.295. The minimum absolute atomic E-state index is 0.133. The Balaban J connectivity index is 1.99. The number of nitrogens with zero attached hydrogens (tertiary/aromatic N) is 2. The van der Waals surface area contributed by atoms with Crippen LogP contribution in [0.1, 0.15) is 29.2 Å². The lowest BCUT2D eigenvalue weighted by Gasteiger charge is -2.06. The van der Waals surface area contributed by atoms with Crippen molar-refractivity contribution in [2.75, 3.05) is 0 Å². The first-order valence-electron chi connectivity index (χ1n) is 6.91. The van der Waals surface area contributed by atoms with Gasteiger partial charge in [0.1, 0.15) is 4.88 Å². The van der Waals surface area contributed by atoms with Gasteiger partial charge in [-0.3, -0.25) is 4.40 Å². The number of hydrogen-bond donors (Lipinski definition) is 0. The minimum atomic E-state index is -0.295. The Labute approximate surface area is 137 Å². The molecule has 0 fully saturated rings. The van der Waals surface area contributed by atoms with Crippen molar-refractivity contribution in [3.8, 4) is 11.3 Å². The van der Waals surface area contributed by atoms with E-state index in [1.165, 1.54) is 11.3 Å². The van der Waals surface area contributed by atoms with E-state index >= 15 is 0 Å². The number of carbonyl (C=O) groups is 1. The number of halogens is 1. The Morgan fingerprint density at radius 2 is 2.00 bits per heavy atom. The maximum Gasteiger partial charge on any atom is 0.350 e. The van der Waals surface area contributed by atoms with E-state index in [9.17, 15) is 4.79 Å². The zero-order valence-corrected chi connectivity index (χ0v) is 14.0. The van der Waals surface area contributed by atoms with Crippen molar-refractivity contribution in [3.63, 3.8) is 0 Å². The lowest BCUT2D eigenvalue weighted by molar-refractivity contribution is 0.0382. The van der Waals surface area contributed by atoms with Crippen LogP contribution in [0, 0.1) is 6.92 Å². The molecule has 0 N–H and O–H groups in total. The van der Waals surface area contributed by atoms with E-state index in [1.807, 2.05) is 55.6 Å². The predicted molar refractivity (Wildman–Crippen MR) is 88.8 cm³/mol. The number of benzene rings is 1. The van der Waals surface area contributed by atoms with Gasteiger partial charge in [0.05, 0.1) is 11.8 Å². The van der Waals surface area contributed by atoms with Crippen molar-refractivity contribution >= 4 is 33.9 Å². The predicted octanol–water partition coefficient (Wildman–Crippen LogP) is 4.59. The Hall–Kier alpha value is -1.85. The molecular weight excluding hydrogens is 320 g/mol. The van der Waals surface area contributed by atoms with E-state index in [-0.39, 0.29) is 12.1 Å². The van der Waals surface area contributed by atoms with Gasteiger partial charge in [0.15, 0.2) is 4.96 Å². The summed E-state index contributed by atoms with van der Waals surface area (Å²) in [5.41, 5.74) is 2.69. The van der Waals surface area contributed by atoms with Crippen molar-refractivity contribution in [2.24, 2.45) is 0 Å². The third-order valence-electron chi connectivity index (χ3n) is 3.22. The fraction of sp³-hybridized carbons (Fsp3) is 0.250. The molecule has 1 aromatic carbocycles. The van der Waals surface area contributed by atoms with Gasteiger partial charge < -0.3 is 4.74 Å².